The van der Waals surface area contributed by atoms with E-state index in [1.807, 2.05) is 18.2 Å². The van der Waals surface area contributed by atoms with Crippen LogP contribution in [0.1, 0.15) is 21.2 Å². The van der Waals surface area contributed by atoms with Gasteiger partial charge in [0.15, 0.2) is 0 Å². The third-order valence-corrected chi connectivity index (χ3v) is 4.97. The lowest BCUT2D eigenvalue weighted by Gasteiger charge is -2.15. The van der Waals surface area contributed by atoms with Gasteiger partial charge in [0, 0.05) is 10.3 Å². The predicted octanol–water partition coefficient (Wildman–Crippen LogP) is 4.46. The Morgan fingerprint density at radius 2 is 1.50 bits per heavy atom. The summed E-state index contributed by atoms with van der Waals surface area (Å²) in [5, 5.41) is 19.6. The normalized spacial score (nSPS) is 12.0. The molecule has 0 fully saturated rings. The maximum Gasteiger partial charge on any atom is 0.336 e. The molecule has 0 aliphatic rings. The molecule has 5 heteroatoms. The maximum atomic E-state index is 11.7. The number of carboxylic acid groups (broad SMARTS) is 2. The van der Waals surface area contributed by atoms with E-state index in [1.54, 1.807) is 42.5 Å². The summed E-state index contributed by atoms with van der Waals surface area (Å²) in [6.07, 6.45) is 0. The molecule has 3 aromatic rings. The first-order valence-electron chi connectivity index (χ1n) is 7.27. The van der Waals surface area contributed by atoms with E-state index in [2.05, 4.69) is 0 Å². The van der Waals surface area contributed by atoms with Gasteiger partial charge in [-0.2, -0.15) is 0 Å². The van der Waals surface area contributed by atoms with Crippen LogP contribution in [0, 0.1) is 0 Å². The van der Waals surface area contributed by atoms with Gasteiger partial charge < -0.3 is 10.2 Å². The van der Waals surface area contributed by atoms with Gasteiger partial charge in [0.25, 0.3) is 0 Å². The predicted molar refractivity (Wildman–Crippen MR) is 93.6 cm³/mol. The van der Waals surface area contributed by atoms with Crippen molar-refractivity contribution in [1.29, 1.82) is 0 Å². The van der Waals surface area contributed by atoms with Crippen LogP contribution in [-0.4, -0.2) is 22.2 Å². The van der Waals surface area contributed by atoms with Gasteiger partial charge in [-0.15, -0.1) is 11.8 Å². The van der Waals surface area contributed by atoms with Crippen molar-refractivity contribution in [2.45, 2.75) is 10.1 Å². The SMILES string of the molecule is O=C(O)c1cccc2cccc(S[C@@H](C(=O)O)c3ccccc3)c12. The van der Waals surface area contributed by atoms with Crippen LogP contribution in [0.2, 0.25) is 0 Å². The van der Waals surface area contributed by atoms with Gasteiger partial charge in [0.2, 0.25) is 0 Å². The fourth-order valence-electron chi connectivity index (χ4n) is 2.60. The highest BCUT2D eigenvalue weighted by molar-refractivity contribution is 8.00. The molecular weight excluding hydrogens is 324 g/mol. The number of fused-ring (bicyclic) bond motifs is 1. The van der Waals surface area contributed by atoms with Gasteiger partial charge in [-0.05, 0) is 23.1 Å². The maximum absolute atomic E-state index is 11.7. The van der Waals surface area contributed by atoms with Gasteiger partial charge in [0.05, 0.1) is 5.56 Å². The second-order valence-corrected chi connectivity index (χ2v) is 6.36. The Bertz CT molecular complexity index is 900. The Morgan fingerprint density at radius 1 is 0.833 bits per heavy atom. The number of hydrogen-bond acceptors (Lipinski definition) is 3. The molecule has 3 rings (SSSR count). The number of carboxylic acids is 2. The molecule has 0 saturated carbocycles. The molecule has 24 heavy (non-hydrogen) atoms. The molecule has 4 nitrogen and oxygen atoms in total. The lowest BCUT2D eigenvalue weighted by atomic mass is 10.0. The molecule has 2 N–H and O–H groups in total. The summed E-state index contributed by atoms with van der Waals surface area (Å²) in [7, 11) is 0. The van der Waals surface area contributed by atoms with Crippen molar-refractivity contribution in [1.82, 2.24) is 0 Å². The molecule has 0 radical (unpaired) electrons. The molecule has 0 bridgehead atoms. The fraction of sp³-hybridized carbons (Fsp3) is 0.0526. The molecule has 120 valence electrons. The fourth-order valence-corrected chi connectivity index (χ4v) is 3.75. The second-order valence-electron chi connectivity index (χ2n) is 5.21. The van der Waals surface area contributed by atoms with Crippen LogP contribution in [0.5, 0.6) is 0 Å². The third kappa shape index (κ3) is 3.12. The first kappa shape index (κ1) is 16.1. The summed E-state index contributed by atoms with van der Waals surface area (Å²) in [5.74, 6) is -1.99. The second kappa shape index (κ2) is 6.76. The molecule has 0 unspecified atom stereocenters. The van der Waals surface area contributed by atoms with E-state index in [0.29, 0.717) is 15.8 Å². The van der Waals surface area contributed by atoms with Gasteiger partial charge in [-0.25, -0.2) is 4.79 Å². The summed E-state index contributed by atoms with van der Waals surface area (Å²) in [6, 6.07) is 19.4. The van der Waals surface area contributed by atoms with Crippen molar-refractivity contribution in [3.8, 4) is 0 Å². The van der Waals surface area contributed by atoms with Crippen molar-refractivity contribution in [2.24, 2.45) is 0 Å². The van der Waals surface area contributed by atoms with E-state index >= 15 is 0 Å². The Labute approximate surface area is 142 Å². The van der Waals surface area contributed by atoms with Crippen LogP contribution in [-0.2, 0) is 4.79 Å². The Kier molecular flexibility index (Phi) is 4.53. The van der Waals surface area contributed by atoms with Crippen molar-refractivity contribution in [3.63, 3.8) is 0 Å². The van der Waals surface area contributed by atoms with Gasteiger partial charge in [0.1, 0.15) is 5.25 Å². The molecular formula is C19H14O4S. The standard InChI is InChI=1S/C19H14O4S/c20-18(21)14-10-4-8-12-9-5-11-15(16(12)14)24-17(19(22)23)13-6-2-1-3-7-13/h1-11,17H,(H,20,21)(H,22,23)/t17-/m1/s1. The summed E-state index contributed by atoms with van der Waals surface area (Å²) in [4.78, 5) is 23.9. The lowest BCUT2D eigenvalue weighted by Crippen LogP contribution is -2.08. The van der Waals surface area contributed by atoms with Crippen LogP contribution in [0.15, 0.2) is 71.6 Å². The highest BCUT2D eigenvalue weighted by atomic mass is 32.2. The zero-order valence-corrected chi connectivity index (χ0v) is 13.4. The lowest BCUT2D eigenvalue weighted by molar-refractivity contribution is -0.136. The van der Waals surface area contributed by atoms with Gasteiger partial charge in [-0.3, -0.25) is 4.79 Å². The Hall–Kier alpha value is -2.79. The average Bonchev–Trinajstić information content (AvgIpc) is 2.59. The number of benzene rings is 3. The smallest absolute Gasteiger partial charge is 0.336 e. The molecule has 0 aliphatic heterocycles. The molecule has 3 aromatic carbocycles. The van der Waals surface area contributed by atoms with Crippen LogP contribution in [0.25, 0.3) is 10.8 Å². The zero-order valence-electron chi connectivity index (χ0n) is 12.5. The first-order valence-corrected chi connectivity index (χ1v) is 8.15. The van der Waals surface area contributed by atoms with Gasteiger partial charge >= 0.3 is 11.9 Å². The van der Waals surface area contributed by atoms with Crippen LogP contribution >= 0.6 is 11.8 Å². The average molecular weight is 338 g/mol. The highest BCUT2D eigenvalue weighted by Crippen LogP contribution is 2.40. The van der Waals surface area contributed by atoms with Crippen molar-refractivity contribution in [2.75, 3.05) is 0 Å². The number of thioether (sulfide) groups is 1. The summed E-state index contributed by atoms with van der Waals surface area (Å²) in [5.41, 5.74) is 0.840. The van der Waals surface area contributed by atoms with E-state index in [0.717, 1.165) is 17.1 Å². The minimum absolute atomic E-state index is 0.174. The van der Waals surface area contributed by atoms with E-state index < -0.39 is 17.2 Å². The topological polar surface area (TPSA) is 74.6 Å². The quantitative estimate of drug-likeness (QED) is 0.672. The summed E-state index contributed by atoms with van der Waals surface area (Å²) >= 11 is 1.15. The van der Waals surface area contributed by atoms with E-state index in [9.17, 15) is 19.8 Å². The van der Waals surface area contributed by atoms with Crippen LogP contribution in [0.4, 0.5) is 0 Å². The van der Waals surface area contributed by atoms with Crippen LogP contribution in [0.3, 0.4) is 0 Å². The third-order valence-electron chi connectivity index (χ3n) is 3.67. The monoisotopic (exact) mass is 338 g/mol. The van der Waals surface area contributed by atoms with Crippen molar-refractivity contribution < 1.29 is 19.8 Å². The molecule has 0 aromatic heterocycles. The minimum Gasteiger partial charge on any atom is -0.480 e. The summed E-state index contributed by atoms with van der Waals surface area (Å²) in [6.45, 7) is 0. The molecule has 0 heterocycles. The molecule has 0 aliphatic carbocycles. The number of aromatic carboxylic acids is 1. The molecule has 1 atom stereocenters. The number of hydrogen-bond donors (Lipinski definition) is 2. The largest absolute Gasteiger partial charge is 0.480 e. The number of aliphatic carboxylic acids is 1. The zero-order chi connectivity index (χ0) is 17.1. The van der Waals surface area contributed by atoms with Crippen LogP contribution < -0.4 is 0 Å². The minimum atomic E-state index is -1.03. The number of rotatable bonds is 5. The van der Waals surface area contributed by atoms with E-state index in [4.69, 9.17) is 0 Å². The van der Waals surface area contributed by atoms with Gasteiger partial charge in [-0.1, -0.05) is 54.6 Å². The molecule has 0 spiro atoms. The Balaban J connectivity index is 2.12. The first-order chi connectivity index (χ1) is 11.6. The molecule has 0 amide bonds. The van der Waals surface area contributed by atoms with E-state index in [-0.39, 0.29) is 5.56 Å². The van der Waals surface area contributed by atoms with Crippen molar-refractivity contribution >= 4 is 34.5 Å². The summed E-state index contributed by atoms with van der Waals surface area (Å²) < 4.78 is 0. The number of carbonyl (C=O) groups is 2. The van der Waals surface area contributed by atoms with E-state index in [1.165, 1.54) is 6.07 Å². The Morgan fingerprint density at radius 3 is 2.12 bits per heavy atom. The van der Waals surface area contributed by atoms with Crippen molar-refractivity contribution in [3.05, 3.63) is 77.9 Å². The molecule has 0 saturated heterocycles. The highest BCUT2D eigenvalue weighted by Gasteiger charge is 2.23.